The highest BCUT2D eigenvalue weighted by Crippen LogP contribution is 2.30. The number of nitro benzene ring substituents is 1. The maximum atomic E-state index is 12.1. The standard InChI is InChI=1S/C21H23N5O4/c1-14-19(23-16-3-2-4-18(13-16)26(28)29)20(24-21(27)22-14)15-5-7-17(8-6-15)25-9-11-30-12-10-25/h2-8,13,20,23H,9-12H2,1H3,(H2,22,24,27)/t20-/m1/s1. The number of carbonyl (C=O) groups excluding carboxylic acids is 1. The Labute approximate surface area is 173 Å². The van der Waals surface area contributed by atoms with Crippen molar-refractivity contribution in [1.29, 1.82) is 0 Å². The first kappa shape index (κ1) is 19.7. The Morgan fingerprint density at radius 1 is 1.17 bits per heavy atom. The third-order valence-corrected chi connectivity index (χ3v) is 5.21. The lowest BCUT2D eigenvalue weighted by Crippen LogP contribution is -2.45. The maximum absolute atomic E-state index is 12.1. The number of benzene rings is 2. The number of nitro groups is 1. The average molecular weight is 409 g/mol. The van der Waals surface area contributed by atoms with Crippen LogP contribution in [-0.4, -0.2) is 37.3 Å². The second-order valence-electron chi connectivity index (χ2n) is 7.19. The fourth-order valence-corrected chi connectivity index (χ4v) is 3.66. The number of nitrogens with one attached hydrogen (secondary N) is 3. The average Bonchev–Trinajstić information content (AvgIpc) is 2.76. The van der Waals surface area contributed by atoms with Gasteiger partial charge in [-0.2, -0.15) is 0 Å². The van der Waals surface area contributed by atoms with Gasteiger partial charge < -0.3 is 25.6 Å². The van der Waals surface area contributed by atoms with E-state index in [1.54, 1.807) is 19.1 Å². The number of amides is 2. The molecule has 1 atom stereocenters. The van der Waals surface area contributed by atoms with Gasteiger partial charge in [-0.3, -0.25) is 10.1 Å². The molecule has 3 N–H and O–H groups in total. The number of ether oxygens (including phenoxy) is 1. The third-order valence-electron chi connectivity index (χ3n) is 5.21. The summed E-state index contributed by atoms with van der Waals surface area (Å²) in [4.78, 5) is 25.0. The van der Waals surface area contributed by atoms with Gasteiger partial charge in [-0.1, -0.05) is 18.2 Å². The molecule has 2 heterocycles. The van der Waals surface area contributed by atoms with Crippen molar-refractivity contribution in [2.24, 2.45) is 0 Å². The van der Waals surface area contributed by atoms with Crippen molar-refractivity contribution < 1.29 is 14.5 Å². The summed E-state index contributed by atoms with van der Waals surface area (Å²) in [6, 6.07) is 13.6. The molecule has 2 aromatic carbocycles. The highest BCUT2D eigenvalue weighted by Gasteiger charge is 2.27. The highest BCUT2D eigenvalue weighted by molar-refractivity contribution is 5.79. The zero-order chi connectivity index (χ0) is 21.1. The van der Waals surface area contributed by atoms with Crippen LogP contribution in [0.2, 0.25) is 0 Å². The fraction of sp³-hybridized carbons (Fsp3) is 0.286. The van der Waals surface area contributed by atoms with E-state index in [2.05, 4.69) is 20.9 Å². The van der Waals surface area contributed by atoms with Crippen LogP contribution in [0.1, 0.15) is 18.5 Å². The van der Waals surface area contributed by atoms with Crippen molar-refractivity contribution >= 4 is 23.1 Å². The molecule has 0 saturated carbocycles. The summed E-state index contributed by atoms with van der Waals surface area (Å²) >= 11 is 0. The van der Waals surface area contributed by atoms with Gasteiger partial charge >= 0.3 is 6.03 Å². The van der Waals surface area contributed by atoms with Gasteiger partial charge in [-0.25, -0.2) is 4.79 Å². The van der Waals surface area contributed by atoms with Gasteiger partial charge in [-0.05, 0) is 30.7 Å². The minimum Gasteiger partial charge on any atom is -0.378 e. The van der Waals surface area contributed by atoms with Gasteiger partial charge in [0, 0.05) is 42.3 Å². The largest absolute Gasteiger partial charge is 0.378 e. The summed E-state index contributed by atoms with van der Waals surface area (Å²) in [6.45, 7) is 4.92. The number of anilines is 2. The Kier molecular flexibility index (Phi) is 5.53. The number of nitrogens with zero attached hydrogens (tertiary/aromatic N) is 2. The van der Waals surface area contributed by atoms with Gasteiger partial charge in [-0.15, -0.1) is 0 Å². The molecule has 2 aliphatic rings. The predicted octanol–water partition coefficient (Wildman–Crippen LogP) is 3.13. The Balaban J connectivity index is 1.60. The topological polar surface area (TPSA) is 109 Å². The van der Waals surface area contributed by atoms with Crippen molar-refractivity contribution in [3.05, 3.63) is 75.6 Å². The number of urea groups is 1. The van der Waals surface area contributed by atoms with Crippen LogP contribution in [0.25, 0.3) is 0 Å². The molecule has 2 aromatic rings. The van der Waals surface area contributed by atoms with Gasteiger partial charge in [0.15, 0.2) is 0 Å². The van der Waals surface area contributed by atoms with E-state index in [-0.39, 0.29) is 11.7 Å². The number of non-ortho nitro benzene ring substituents is 1. The molecule has 2 amide bonds. The minimum atomic E-state index is -0.435. The number of hydrogen-bond acceptors (Lipinski definition) is 6. The predicted molar refractivity (Wildman–Crippen MR) is 113 cm³/mol. The number of hydrogen-bond donors (Lipinski definition) is 3. The molecule has 1 saturated heterocycles. The zero-order valence-electron chi connectivity index (χ0n) is 16.6. The molecule has 9 heteroatoms. The van der Waals surface area contributed by atoms with E-state index in [1.807, 2.05) is 24.3 Å². The van der Waals surface area contributed by atoms with E-state index in [4.69, 9.17) is 4.74 Å². The molecule has 9 nitrogen and oxygen atoms in total. The lowest BCUT2D eigenvalue weighted by atomic mass is 10.00. The van der Waals surface area contributed by atoms with Crippen LogP contribution in [0, 0.1) is 10.1 Å². The van der Waals surface area contributed by atoms with Crippen LogP contribution < -0.4 is 20.9 Å². The molecule has 0 bridgehead atoms. The number of rotatable bonds is 5. The van der Waals surface area contributed by atoms with Crippen molar-refractivity contribution in [2.45, 2.75) is 13.0 Å². The zero-order valence-corrected chi connectivity index (χ0v) is 16.6. The van der Waals surface area contributed by atoms with Crippen LogP contribution in [0.4, 0.5) is 21.9 Å². The smallest absolute Gasteiger partial charge is 0.319 e. The second kappa shape index (κ2) is 8.42. The number of morpholine rings is 1. The first-order chi connectivity index (χ1) is 14.5. The summed E-state index contributed by atoms with van der Waals surface area (Å²) in [5.41, 5.74) is 3.98. The van der Waals surface area contributed by atoms with E-state index < -0.39 is 11.0 Å². The second-order valence-corrected chi connectivity index (χ2v) is 7.19. The lowest BCUT2D eigenvalue weighted by Gasteiger charge is -2.31. The molecule has 4 rings (SSSR count). The summed E-state index contributed by atoms with van der Waals surface area (Å²) in [6.07, 6.45) is 0. The highest BCUT2D eigenvalue weighted by atomic mass is 16.6. The SMILES string of the molecule is CC1=C(Nc2cccc([N+](=O)[O-])c2)[C@@H](c2ccc(N3CCOCC3)cc2)NC(=O)N1. The molecule has 30 heavy (non-hydrogen) atoms. The monoisotopic (exact) mass is 409 g/mol. The molecule has 0 aromatic heterocycles. The van der Waals surface area contributed by atoms with Crippen LogP contribution in [0.3, 0.4) is 0 Å². The van der Waals surface area contributed by atoms with E-state index in [1.165, 1.54) is 12.1 Å². The van der Waals surface area contributed by atoms with E-state index >= 15 is 0 Å². The third kappa shape index (κ3) is 4.20. The summed E-state index contributed by atoms with van der Waals surface area (Å²) < 4.78 is 5.40. The number of carbonyl (C=O) groups is 1. The molecule has 0 unspecified atom stereocenters. The Hall–Kier alpha value is -3.59. The van der Waals surface area contributed by atoms with E-state index in [0.717, 1.165) is 30.0 Å². The Morgan fingerprint density at radius 3 is 2.60 bits per heavy atom. The maximum Gasteiger partial charge on any atom is 0.319 e. The molecule has 156 valence electrons. The molecule has 0 spiro atoms. The first-order valence-corrected chi connectivity index (χ1v) is 9.74. The molecular formula is C21H23N5O4. The molecule has 0 aliphatic carbocycles. The van der Waals surface area contributed by atoms with Gasteiger partial charge in [0.1, 0.15) is 0 Å². The quantitative estimate of drug-likeness (QED) is 0.517. The summed E-state index contributed by atoms with van der Waals surface area (Å²) in [7, 11) is 0. The lowest BCUT2D eigenvalue weighted by molar-refractivity contribution is -0.384. The molecule has 2 aliphatic heterocycles. The summed E-state index contributed by atoms with van der Waals surface area (Å²) in [5, 5.41) is 20.0. The van der Waals surface area contributed by atoms with Crippen molar-refractivity contribution in [2.75, 3.05) is 36.5 Å². The summed E-state index contributed by atoms with van der Waals surface area (Å²) in [5.74, 6) is 0. The first-order valence-electron chi connectivity index (χ1n) is 9.74. The normalized spacial score (nSPS) is 19.2. The van der Waals surface area contributed by atoms with Crippen LogP contribution in [0.5, 0.6) is 0 Å². The molecule has 0 radical (unpaired) electrons. The van der Waals surface area contributed by atoms with Crippen LogP contribution >= 0.6 is 0 Å². The van der Waals surface area contributed by atoms with E-state index in [9.17, 15) is 14.9 Å². The van der Waals surface area contributed by atoms with Gasteiger partial charge in [0.2, 0.25) is 0 Å². The van der Waals surface area contributed by atoms with E-state index in [0.29, 0.717) is 24.6 Å². The Morgan fingerprint density at radius 2 is 1.90 bits per heavy atom. The van der Waals surface area contributed by atoms with Crippen molar-refractivity contribution in [3.8, 4) is 0 Å². The molecular weight excluding hydrogens is 386 g/mol. The molecule has 1 fully saturated rings. The Bertz CT molecular complexity index is 983. The fourth-order valence-electron chi connectivity index (χ4n) is 3.66. The number of allylic oxidation sites excluding steroid dienone is 1. The van der Waals surface area contributed by atoms with Gasteiger partial charge in [0.05, 0.1) is 29.9 Å². The minimum absolute atomic E-state index is 0.00234. The van der Waals surface area contributed by atoms with Crippen LogP contribution in [-0.2, 0) is 4.74 Å². The van der Waals surface area contributed by atoms with Crippen LogP contribution in [0.15, 0.2) is 59.9 Å². The van der Waals surface area contributed by atoms with Crippen molar-refractivity contribution in [1.82, 2.24) is 10.6 Å². The van der Waals surface area contributed by atoms with Gasteiger partial charge in [0.25, 0.3) is 5.69 Å². The van der Waals surface area contributed by atoms with Crippen molar-refractivity contribution in [3.63, 3.8) is 0 Å².